The highest BCUT2D eigenvalue weighted by Crippen LogP contribution is 2.33. The number of anilines is 1. The Kier molecular flexibility index (Phi) is 4.45. The number of allylic oxidation sites excluding steroid dienone is 4. The number of nitrogens with two attached hydrogens (primary N) is 1. The highest BCUT2D eigenvalue weighted by atomic mass is 32.1. The van der Waals surface area contributed by atoms with E-state index in [9.17, 15) is 0 Å². The molecular formula is C16H16N4S. The number of para-hydroxylation sites is 1. The predicted octanol–water partition coefficient (Wildman–Crippen LogP) is 4.08. The van der Waals surface area contributed by atoms with Crippen LogP contribution in [0.5, 0.6) is 0 Å². The molecule has 0 bridgehead atoms. The van der Waals surface area contributed by atoms with E-state index in [1.54, 1.807) is 6.08 Å². The highest BCUT2D eigenvalue weighted by molar-refractivity contribution is 7.22. The van der Waals surface area contributed by atoms with E-state index in [1.807, 2.05) is 31.2 Å². The lowest BCUT2D eigenvalue weighted by atomic mass is 9.95. The van der Waals surface area contributed by atoms with Crippen molar-refractivity contribution < 1.29 is 0 Å². The van der Waals surface area contributed by atoms with E-state index in [0.29, 0.717) is 10.8 Å². The Morgan fingerprint density at radius 2 is 2.19 bits per heavy atom. The van der Waals surface area contributed by atoms with Crippen LogP contribution in [0, 0.1) is 0 Å². The van der Waals surface area contributed by atoms with Gasteiger partial charge in [-0.25, -0.2) is 4.98 Å². The second-order valence-corrected chi connectivity index (χ2v) is 5.39. The van der Waals surface area contributed by atoms with E-state index in [1.165, 1.54) is 11.3 Å². The maximum atomic E-state index is 5.82. The van der Waals surface area contributed by atoms with Crippen molar-refractivity contribution in [2.24, 2.45) is 10.2 Å². The molecule has 2 N–H and O–H groups in total. The van der Waals surface area contributed by atoms with Gasteiger partial charge in [0.1, 0.15) is 0 Å². The van der Waals surface area contributed by atoms with Gasteiger partial charge >= 0.3 is 0 Å². The molecule has 0 radical (unpaired) electrons. The van der Waals surface area contributed by atoms with Gasteiger partial charge < -0.3 is 5.73 Å². The van der Waals surface area contributed by atoms with Crippen molar-refractivity contribution in [2.75, 3.05) is 5.73 Å². The van der Waals surface area contributed by atoms with E-state index in [2.05, 4.69) is 35.1 Å². The van der Waals surface area contributed by atoms with Gasteiger partial charge in [0.05, 0.1) is 15.9 Å². The largest absolute Gasteiger partial charge is 0.375 e. The molecule has 0 spiro atoms. The van der Waals surface area contributed by atoms with Gasteiger partial charge in [0, 0.05) is 12.3 Å². The summed E-state index contributed by atoms with van der Waals surface area (Å²) in [6, 6.07) is 5.95. The zero-order chi connectivity index (χ0) is 15.4. The Balaban J connectivity index is 2.64. The summed E-state index contributed by atoms with van der Waals surface area (Å²) in [6.45, 7) is 13.1. The van der Waals surface area contributed by atoms with E-state index in [4.69, 9.17) is 5.73 Å². The van der Waals surface area contributed by atoms with E-state index in [-0.39, 0.29) is 0 Å². The zero-order valence-electron chi connectivity index (χ0n) is 11.8. The van der Waals surface area contributed by atoms with Gasteiger partial charge in [-0.05, 0) is 24.1 Å². The molecule has 5 heteroatoms. The molecule has 21 heavy (non-hydrogen) atoms. The summed E-state index contributed by atoms with van der Waals surface area (Å²) in [7, 11) is 0. The van der Waals surface area contributed by atoms with Crippen LogP contribution in [0.1, 0.15) is 12.5 Å². The fourth-order valence-electron chi connectivity index (χ4n) is 2.02. The Hall–Kier alpha value is -2.53. The van der Waals surface area contributed by atoms with Crippen LogP contribution in [0.15, 0.2) is 59.3 Å². The second kappa shape index (κ2) is 6.28. The summed E-state index contributed by atoms with van der Waals surface area (Å²) in [6.07, 6.45) is 3.60. The quantitative estimate of drug-likeness (QED) is 0.513. The molecule has 0 saturated heterocycles. The number of fused-ring (bicyclic) bond motifs is 1. The minimum Gasteiger partial charge on any atom is -0.375 e. The first-order chi connectivity index (χ1) is 10.1. The summed E-state index contributed by atoms with van der Waals surface area (Å²) in [5.41, 5.74) is 9.96. The minimum absolute atomic E-state index is 0.541. The van der Waals surface area contributed by atoms with Crippen LogP contribution in [0.25, 0.3) is 15.8 Å². The topological polar surface area (TPSA) is 63.6 Å². The molecule has 2 aromatic rings. The summed E-state index contributed by atoms with van der Waals surface area (Å²) >= 11 is 1.46. The predicted molar refractivity (Wildman–Crippen MR) is 94.0 cm³/mol. The normalized spacial score (nSPS) is 12.4. The third kappa shape index (κ3) is 2.98. The fourth-order valence-corrected chi connectivity index (χ4v) is 2.78. The summed E-state index contributed by atoms with van der Waals surface area (Å²) in [5.74, 6) is 0. The van der Waals surface area contributed by atoms with Crippen molar-refractivity contribution in [3.05, 3.63) is 54.6 Å². The molecule has 1 heterocycles. The number of aromatic nitrogens is 1. The number of hydrogen-bond acceptors (Lipinski definition) is 5. The van der Waals surface area contributed by atoms with Crippen molar-refractivity contribution in [2.45, 2.75) is 6.92 Å². The van der Waals surface area contributed by atoms with E-state index in [0.717, 1.165) is 26.9 Å². The van der Waals surface area contributed by atoms with Crippen LogP contribution in [0.4, 0.5) is 5.13 Å². The average Bonchev–Trinajstić information content (AvgIpc) is 2.84. The number of rotatable bonds is 5. The molecule has 0 atom stereocenters. The van der Waals surface area contributed by atoms with Crippen molar-refractivity contribution in [3.63, 3.8) is 0 Å². The molecule has 106 valence electrons. The first-order valence-corrected chi connectivity index (χ1v) is 7.08. The second-order valence-electron chi connectivity index (χ2n) is 4.33. The Labute approximate surface area is 127 Å². The standard InChI is InChI=1S/C16H16N4S/c1-5-7-12(10(2)11(3)20-18-4)13-8-6-9-14-15(13)19-16(17)21-14/h5-9H,1-2,4H2,3H3,(H2,17,19)/b12-7+,20-11-. The van der Waals surface area contributed by atoms with Crippen molar-refractivity contribution >= 4 is 44.7 Å². The summed E-state index contributed by atoms with van der Waals surface area (Å²) < 4.78 is 1.03. The molecule has 0 fully saturated rings. The number of thiazole rings is 1. The number of benzene rings is 1. The molecule has 2 rings (SSSR count). The molecule has 1 aromatic carbocycles. The van der Waals surface area contributed by atoms with Crippen LogP contribution in [-0.4, -0.2) is 17.4 Å². The molecule has 0 amide bonds. The lowest BCUT2D eigenvalue weighted by Gasteiger charge is -2.10. The zero-order valence-corrected chi connectivity index (χ0v) is 12.7. The first-order valence-electron chi connectivity index (χ1n) is 6.26. The van der Waals surface area contributed by atoms with Crippen LogP contribution < -0.4 is 5.73 Å². The molecule has 0 aliphatic heterocycles. The molecule has 0 aliphatic carbocycles. The third-order valence-electron chi connectivity index (χ3n) is 2.99. The van der Waals surface area contributed by atoms with E-state index < -0.39 is 0 Å². The number of nitrogens with zero attached hydrogens (tertiary/aromatic N) is 3. The Morgan fingerprint density at radius 3 is 2.86 bits per heavy atom. The van der Waals surface area contributed by atoms with Crippen LogP contribution in [0.2, 0.25) is 0 Å². The summed E-state index contributed by atoms with van der Waals surface area (Å²) in [5, 5.41) is 8.04. The maximum Gasteiger partial charge on any atom is 0.181 e. The fraction of sp³-hybridized carbons (Fsp3) is 0.0625. The maximum absolute atomic E-state index is 5.82. The van der Waals surface area contributed by atoms with Gasteiger partial charge in [0.15, 0.2) is 5.13 Å². The highest BCUT2D eigenvalue weighted by Gasteiger charge is 2.14. The number of nitrogen functional groups attached to an aromatic ring is 1. The minimum atomic E-state index is 0.541. The molecule has 0 aliphatic rings. The molecule has 0 saturated carbocycles. The van der Waals surface area contributed by atoms with Crippen molar-refractivity contribution in [3.8, 4) is 0 Å². The average molecular weight is 296 g/mol. The van der Waals surface area contributed by atoms with Gasteiger partial charge in [0.25, 0.3) is 0 Å². The van der Waals surface area contributed by atoms with Crippen molar-refractivity contribution in [1.29, 1.82) is 0 Å². The van der Waals surface area contributed by atoms with Gasteiger partial charge in [-0.3, -0.25) is 0 Å². The van der Waals surface area contributed by atoms with Gasteiger partial charge in [-0.1, -0.05) is 48.8 Å². The van der Waals surface area contributed by atoms with Crippen molar-refractivity contribution in [1.82, 2.24) is 4.98 Å². The first kappa shape index (κ1) is 14.9. The Morgan fingerprint density at radius 1 is 1.43 bits per heavy atom. The molecule has 4 nitrogen and oxygen atoms in total. The summed E-state index contributed by atoms with van der Waals surface area (Å²) in [4.78, 5) is 4.41. The lowest BCUT2D eigenvalue weighted by Crippen LogP contribution is -2.00. The van der Waals surface area contributed by atoms with Crippen LogP contribution in [-0.2, 0) is 0 Å². The van der Waals surface area contributed by atoms with Crippen LogP contribution >= 0.6 is 11.3 Å². The SMILES string of the molecule is C=C/C=C(\C(=C)/C(C)=N\N=C)c1cccc2sc(N)nc12. The van der Waals surface area contributed by atoms with Crippen LogP contribution in [0.3, 0.4) is 0 Å². The van der Waals surface area contributed by atoms with Gasteiger partial charge in [-0.2, -0.15) is 10.2 Å². The number of hydrogen-bond donors (Lipinski definition) is 1. The molecule has 0 unspecified atom stereocenters. The Bertz CT molecular complexity index is 781. The monoisotopic (exact) mass is 296 g/mol. The van der Waals surface area contributed by atoms with Gasteiger partial charge in [-0.15, -0.1) is 0 Å². The third-order valence-corrected chi connectivity index (χ3v) is 3.84. The lowest BCUT2D eigenvalue weighted by molar-refractivity contribution is 1.25. The van der Waals surface area contributed by atoms with Gasteiger partial charge in [0.2, 0.25) is 0 Å². The molecular weight excluding hydrogens is 280 g/mol. The smallest absolute Gasteiger partial charge is 0.181 e. The molecule has 1 aromatic heterocycles. The van der Waals surface area contributed by atoms with E-state index >= 15 is 0 Å².